The molecule has 2 N–H and O–H groups in total. The predicted molar refractivity (Wildman–Crippen MR) is 85.1 cm³/mol. The Balaban J connectivity index is 2.31. The SMILES string of the molecule is CCc1cc(Oc2cc(Cl)ccc2CCN)ccc1Cl. The Morgan fingerprint density at radius 3 is 2.55 bits per heavy atom. The van der Waals surface area contributed by atoms with Crippen molar-refractivity contribution in [3.05, 3.63) is 57.6 Å². The molecule has 0 amide bonds. The topological polar surface area (TPSA) is 35.2 Å². The standard InChI is InChI=1S/C16H17Cl2NO/c1-2-11-9-14(5-6-15(11)18)20-16-10-13(17)4-3-12(16)7-8-19/h3-6,9-10H,2,7-8,19H2,1H3. The molecule has 0 radical (unpaired) electrons. The molecule has 0 atom stereocenters. The Labute approximate surface area is 129 Å². The van der Waals surface area contributed by atoms with Crippen LogP contribution in [0.2, 0.25) is 10.0 Å². The van der Waals surface area contributed by atoms with E-state index in [1.165, 1.54) is 0 Å². The van der Waals surface area contributed by atoms with Crippen molar-refractivity contribution in [2.45, 2.75) is 19.8 Å². The smallest absolute Gasteiger partial charge is 0.132 e. The highest BCUT2D eigenvalue weighted by atomic mass is 35.5. The minimum absolute atomic E-state index is 0.568. The van der Waals surface area contributed by atoms with Gasteiger partial charge in [0.05, 0.1) is 0 Å². The average Bonchev–Trinajstić information content (AvgIpc) is 2.44. The van der Waals surface area contributed by atoms with E-state index in [4.69, 9.17) is 33.7 Å². The van der Waals surface area contributed by atoms with Gasteiger partial charge in [0.15, 0.2) is 0 Å². The number of nitrogens with two attached hydrogens (primary N) is 1. The molecule has 106 valence electrons. The highest BCUT2D eigenvalue weighted by molar-refractivity contribution is 6.31. The summed E-state index contributed by atoms with van der Waals surface area (Å²) in [5.74, 6) is 1.50. The molecule has 2 aromatic rings. The number of aryl methyl sites for hydroxylation is 1. The van der Waals surface area contributed by atoms with Crippen LogP contribution in [0.15, 0.2) is 36.4 Å². The third-order valence-corrected chi connectivity index (χ3v) is 3.67. The molecule has 0 bridgehead atoms. The minimum Gasteiger partial charge on any atom is -0.457 e. The van der Waals surface area contributed by atoms with Crippen molar-refractivity contribution in [2.24, 2.45) is 5.73 Å². The van der Waals surface area contributed by atoms with Gasteiger partial charge in [0, 0.05) is 10.0 Å². The van der Waals surface area contributed by atoms with Crippen LogP contribution in [0.25, 0.3) is 0 Å². The number of benzene rings is 2. The second-order valence-electron chi connectivity index (χ2n) is 4.50. The highest BCUT2D eigenvalue weighted by Crippen LogP contribution is 2.31. The van der Waals surface area contributed by atoms with E-state index in [0.29, 0.717) is 11.6 Å². The molecule has 0 aromatic heterocycles. The maximum atomic E-state index is 6.11. The fraction of sp³-hybridized carbons (Fsp3) is 0.250. The normalized spacial score (nSPS) is 10.6. The number of hydrogen-bond acceptors (Lipinski definition) is 2. The van der Waals surface area contributed by atoms with Gasteiger partial charge in [-0.1, -0.05) is 36.2 Å². The van der Waals surface area contributed by atoms with Crippen LogP contribution in [0.5, 0.6) is 11.5 Å². The lowest BCUT2D eigenvalue weighted by atomic mass is 10.1. The average molecular weight is 310 g/mol. The van der Waals surface area contributed by atoms with Gasteiger partial charge in [0.25, 0.3) is 0 Å². The molecular weight excluding hydrogens is 293 g/mol. The highest BCUT2D eigenvalue weighted by Gasteiger charge is 2.07. The van der Waals surface area contributed by atoms with E-state index in [1.54, 1.807) is 0 Å². The van der Waals surface area contributed by atoms with Gasteiger partial charge in [-0.15, -0.1) is 0 Å². The monoisotopic (exact) mass is 309 g/mol. The van der Waals surface area contributed by atoms with Crippen molar-refractivity contribution in [1.29, 1.82) is 0 Å². The van der Waals surface area contributed by atoms with Crippen molar-refractivity contribution < 1.29 is 4.74 Å². The Hall–Kier alpha value is -1.22. The van der Waals surface area contributed by atoms with E-state index in [1.807, 2.05) is 36.4 Å². The van der Waals surface area contributed by atoms with E-state index in [9.17, 15) is 0 Å². The molecule has 2 aromatic carbocycles. The van der Waals surface area contributed by atoms with Crippen LogP contribution in [0.3, 0.4) is 0 Å². The third kappa shape index (κ3) is 3.66. The largest absolute Gasteiger partial charge is 0.457 e. The van der Waals surface area contributed by atoms with Crippen LogP contribution in [-0.4, -0.2) is 6.54 Å². The van der Waals surface area contributed by atoms with Gasteiger partial charge in [-0.05, 0) is 60.8 Å². The summed E-state index contributed by atoms with van der Waals surface area (Å²) in [5, 5.41) is 1.40. The van der Waals surface area contributed by atoms with Crippen LogP contribution < -0.4 is 10.5 Å². The molecule has 0 heterocycles. The number of halogens is 2. The summed E-state index contributed by atoms with van der Waals surface area (Å²) in [6, 6.07) is 11.3. The van der Waals surface area contributed by atoms with Crippen LogP contribution in [0, 0.1) is 0 Å². The molecule has 0 unspecified atom stereocenters. The van der Waals surface area contributed by atoms with Crippen molar-refractivity contribution >= 4 is 23.2 Å². The molecule has 2 nitrogen and oxygen atoms in total. The lowest BCUT2D eigenvalue weighted by molar-refractivity contribution is 0.475. The fourth-order valence-electron chi connectivity index (χ4n) is 2.00. The zero-order valence-electron chi connectivity index (χ0n) is 11.3. The molecule has 4 heteroatoms. The molecule has 0 saturated carbocycles. The first-order chi connectivity index (χ1) is 9.63. The quantitative estimate of drug-likeness (QED) is 0.857. The van der Waals surface area contributed by atoms with Gasteiger partial charge in [-0.2, -0.15) is 0 Å². The maximum Gasteiger partial charge on any atom is 0.132 e. The molecule has 20 heavy (non-hydrogen) atoms. The first-order valence-corrected chi connectivity index (χ1v) is 7.34. The summed E-state index contributed by atoms with van der Waals surface area (Å²) in [6.45, 7) is 2.63. The van der Waals surface area contributed by atoms with E-state index >= 15 is 0 Å². The molecule has 2 rings (SSSR count). The Morgan fingerprint density at radius 1 is 1.05 bits per heavy atom. The Bertz CT molecular complexity index is 599. The van der Waals surface area contributed by atoms with Gasteiger partial charge in [-0.25, -0.2) is 0 Å². The van der Waals surface area contributed by atoms with Crippen molar-refractivity contribution in [3.8, 4) is 11.5 Å². The number of hydrogen-bond donors (Lipinski definition) is 1. The van der Waals surface area contributed by atoms with E-state index in [-0.39, 0.29) is 0 Å². The van der Waals surface area contributed by atoms with Crippen molar-refractivity contribution in [3.63, 3.8) is 0 Å². The summed E-state index contributed by atoms with van der Waals surface area (Å²) in [7, 11) is 0. The Morgan fingerprint density at radius 2 is 1.85 bits per heavy atom. The van der Waals surface area contributed by atoms with Crippen molar-refractivity contribution in [1.82, 2.24) is 0 Å². The van der Waals surface area contributed by atoms with Gasteiger partial charge >= 0.3 is 0 Å². The van der Waals surface area contributed by atoms with Crippen LogP contribution in [0.4, 0.5) is 0 Å². The van der Waals surface area contributed by atoms with Gasteiger partial charge < -0.3 is 10.5 Å². The summed E-state index contributed by atoms with van der Waals surface area (Å²) in [6.07, 6.45) is 1.61. The van der Waals surface area contributed by atoms with E-state index < -0.39 is 0 Å². The summed E-state index contributed by atoms with van der Waals surface area (Å²) in [4.78, 5) is 0. The first kappa shape index (κ1) is 15.2. The second kappa shape index (κ2) is 6.98. The van der Waals surface area contributed by atoms with Crippen LogP contribution in [0.1, 0.15) is 18.1 Å². The predicted octanol–water partition coefficient (Wildman–Crippen LogP) is 4.85. The maximum absolute atomic E-state index is 6.11. The van der Waals surface area contributed by atoms with Crippen molar-refractivity contribution in [2.75, 3.05) is 6.54 Å². The Kier molecular flexibility index (Phi) is 5.30. The van der Waals surface area contributed by atoms with E-state index in [0.717, 1.165) is 40.5 Å². The molecule has 0 saturated heterocycles. The lowest BCUT2D eigenvalue weighted by Crippen LogP contribution is -2.04. The molecule has 0 aliphatic rings. The zero-order valence-corrected chi connectivity index (χ0v) is 12.8. The zero-order chi connectivity index (χ0) is 14.5. The molecular formula is C16H17Cl2NO. The second-order valence-corrected chi connectivity index (χ2v) is 5.34. The van der Waals surface area contributed by atoms with Crippen LogP contribution in [-0.2, 0) is 12.8 Å². The summed E-state index contributed by atoms with van der Waals surface area (Å²) in [5.41, 5.74) is 7.73. The lowest BCUT2D eigenvalue weighted by Gasteiger charge is -2.12. The molecule has 0 aliphatic carbocycles. The fourth-order valence-corrected chi connectivity index (χ4v) is 2.41. The first-order valence-electron chi connectivity index (χ1n) is 6.58. The number of rotatable bonds is 5. The molecule has 0 spiro atoms. The van der Waals surface area contributed by atoms with Gasteiger partial charge in [0.1, 0.15) is 11.5 Å². The molecule has 0 fully saturated rings. The molecule has 0 aliphatic heterocycles. The summed E-state index contributed by atoms with van der Waals surface area (Å²) >= 11 is 12.1. The third-order valence-electron chi connectivity index (χ3n) is 3.07. The summed E-state index contributed by atoms with van der Waals surface area (Å²) < 4.78 is 5.94. The van der Waals surface area contributed by atoms with Gasteiger partial charge in [0.2, 0.25) is 0 Å². The van der Waals surface area contributed by atoms with Gasteiger partial charge in [-0.3, -0.25) is 0 Å². The number of ether oxygens (including phenoxy) is 1. The minimum atomic E-state index is 0.568. The van der Waals surface area contributed by atoms with Crippen LogP contribution >= 0.6 is 23.2 Å². The van der Waals surface area contributed by atoms with E-state index in [2.05, 4.69) is 6.92 Å².